The van der Waals surface area contributed by atoms with Crippen LogP contribution in [0.1, 0.15) is 36.1 Å². The number of ether oxygens (including phenoxy) is 1. The average molecular weight is 392 g/mol. The fourth-order valence-electron chi connectivity index (χ4n) is 3.00. The molecule has 0 bridgehead atoms. The first-order chi connectivity index (χ1) is 13.3. The Labute approximate surface area is 160 Å². The average Bonchev–Trinajstić information content (AvgIpc) is 3.09. The van der Waals surface area contributed by atoms with Crippen molar-refractivity contribution >= 4 is 0 Å². The van der Waals surface area contributed by atoms with Crippen molar-refractivity contribution in [2.75, 3.05) is 7.11 Å². The molecule has 3 aromatic rings. The number of benzene rings is 2. The van der Waals surface area contributed by atoms with Gasteiger partial charge in [0.15, 0.2) is 0 Å². The van der Waals surface area contributed by atoms with Crippen molar-refractivity contribution in [2.24, 2.45) is 0 Å². The molecule has 0 amide bonds. The van der Waals surface area contributed by atoms with Gasteiger partial charge >= 0.3 is 6.18 Å². The summed E-state index contributed by atoms with van der Waals surface area (Å²) in [6, 6.07) is 13.0. The second-order valence-electron chi connectivity index (χ2n) is 6.63. The van der Waals surface area contributed by atoms with Gasteiger partial charge in [0.2, 0.25) is 5.88 Å². The van der Waals surface area contributed by atoms with Gasteiger partial charge in [-0.2, -0.15) is 18.3 Å². The van der Waals surface area contributed by atoms with Crippen molar-refractivity contribution in [1.29, 1.82) is 0 Å². The van der Waals surface area contributed by atoms with Crippen LogP contribution in [0.2, 0.25) is 0 Å². The highest BCUT2D eigenvalue weighted by molar-refractivity contribution is 5.39. The number of alkyl halides is 3. The van der Waals surface area contributed by atoms with Gasteiger partial charge in [0.1, 0.15) is 5.82 Å². The third-order valence-corrected chi connectivity index (χ3v) is 4.63. The van der Waals surface area contributed by atoms with Crippen molar-refractivity contribution in [2.45, 2.75) is 31.9 Å². The van der Waals surface area contributed by atoms with Crippen molar-refractivity contribution in [3.8, 4) is 11.6 Å². The predicted molar refractivity (Wildman–Crippen MR) is 98.3 cm³/mol. The molecule has 1 heterocycles. The molecule has 0 aliphatic heterocycles. The Morgan fingerprint density at radius 2 is 1.79 bits per heavy atom. The molecule has 0 aliphatic carbocycles. The maximum atomic E-state index is 13.4. The summed E-state index contributed by atoms with van der Waals surface area (Å²) in [6.45, 7) is 2.01. The number of methoxy groups -OCH3 is 1. The summed E-state index contributed by atoms with van der Waals surface area (Å²) in [7, 11) is 1.48. The van der Waals surface area contributed by atoms with Crippen LogP contribution in [0.5, 0.6) is 5.88 Å². The Bertz CT molecular complexity index is 932. The molecule has 28 heavy (non-hydrogen) atoms. The Hall–Kier alpha value is -2.83. The molecule has 2 aromatic carbocycles. The van der Waals surface area contributed by atoms with Crippen LogP contribution in [0.25, 0.3) is 5.69 Å². The van der Waals surface area contributed by atoms with E-state index < -0.39 is 11.7 Å². The van der Waals surface area contributed by atoms with Crippen molar-refractivity contribution in [3.63, 3.8) is 0 Å². The summed E-state index contributed by atoms with van der Waals surface area (Å²) in [5.74, 6) is 0.309. The zero-order valence-corrected chi connectivity index (χ0v) is 15.5. The maximum Gasteiger partial charge on any atom is 0.416 e. The topological polar surface area (TPSA) is 27.1 Å². The summed E-state index contributed by atoms with van der Waals surface area (Å²) in [5, 5.41) is 4.46. The van der Waals surface area contributed by atoms with Crippen LogP contribution < -0.4 is 4.74 Å². The lowest BCUT2D eigenvalue weighted by molar-refractivity contribution is -0.137. The van der Waals surface area contributed by atoms with E-state index in [1.54, 1.807) is 12.1 Å². The summed E-state index contributed by atoms with van der Waals surface area (Å²) < 4.78 is 58.4. The van der Waals surface area contributed by atoms with Gasteiger partial charge in [-0.3, -0.25) is 0 Å². The van der Waals surface area contributed by atoms with E-state index in [0.717, 1.165) is 29.8 Å². The molecule has 3 nitrogen and oxygen atoms in total. The molecule has 7 heteroatoms. The fourth-order valence-corrected chi connectivity index (χ4v) is 3.00. The third-order valence-electron chi connectivity index (χ3n) is 4.63. The van der Waals surface area contributed by atoms with E-state index in [-0.39, 0.29) is 11.7 Å². The van der Waals surface area contributed by atoms with Gasteiger partial charge in [0.05, 0.1) is 24.1 Å². The standard InChI is InChI=1S/C21H20F4N2O/c1-14(15-4-3-5-17(22)12-15)6-9-18-13-20(28-2)27(26-18)19-10-7-16(8-11-19)21(23,24)25/h3-5,7-8,10-14H,6,9H2,1-2H3/t14-/m0/s1. The van der Waals surface area contributed by atoms with Crippen LogP contribution in [-0.4, -0.2) is 16.9 Å². The van der Waals surface area contributed by atoms with Crippen LogP contribution >= 0.6 is 0 Å². The van der Waals surface area contributed by atoms with Gasteiger partial charge in [-0.05, 0) is 60.7 Å². The van der Waals surface area contributed by atoms with Gasteiger partial charge < -0.3 is 4.74 Å². The molecule has 0 aliphatic rings. The SMILES string of the molecule is COc1cc(CC[C@H](C)c2cccc(F)c2)nn1-c1ccc(C(F)(F)F)cc1. The first kappa shape index (κ1) is 19.9. The van der Waals surface area contributed by atoms with Crippen LogP contribution in [0.3, 0.4) is 0 Å². The molecule has 1 aromatic heterocycles. The van der Waals surface area contributed by atoms with Crippen molar-refractivity contribution in [3.05, 3.63) is 77.2 Å². The van der Waals surface area contributed by atoms with Crippen molar-refractivity contribution < 1.29 is 22.3 Å². The van der Waals surface area contributed by atoms with E-state index in [1.807, 2.05) is 13.0 Å². The molecule has 148 valence electrons. The Kier molecular flexibility index (Phi) is 5.72. The van der Waals surface area contributed by atoms with E-state index in [1.165, 1.54) is 36.1 Å². The fraction of sp³-hybridized carbons (Fsp3) is 0.286. The minimum absolute atomic E-state index is 0.137. The minimum atomic E-state index is -4.38. The summed E-state index contributed by atoms with van der Waals surface area (Å²) in [6.07, 6.45) is -3.01. The zero-order valence-electron chi connectivity index (χ0n) is 15.5. The molecular formula is C21H20F4N2O. The Morgan fingerprint density at radius 3 is 2.39 bits per heavy atom. The number of aromatic nitrogens is 2. The second-order valence-corrected chi connectivity index (χ2v) is 6.63. The highest BCUT2D eigenvalue weighted by Gasteiger charge is 2.30. The first-order valence-corrected chi connectivity index (χ1v) is 8.84. The van der Waals surface area contributed by atoms with E-state index >= 15 is 0 Å². The lowest BCUT2D eigenvalue weighted by atomic mass is 9.95. The van der Waals surface area contributed by atoms with Crippen LogP contribution in [0.4, 0.5) is 17.6 Å². The molecular weight excluding hydrogens is 372 g/mol. The van der Waals surface area contributed by atoms with Crippen LogP contribution in [-0.2, 0) is 12.6 Å². The van der Waals surface area contributed by atoms with Gasteiger partial charge in [-0.15, -0.1) is 0 Å². The van der Waals surface area contributed by atoms with Gasteiger partial charge in [0.25, 0.3) is 0 Å². The maximum absolute atomic E-state index is 13.4. The number of rotatable bonds is 6. The van der Waals surface area contributed by atoms with Gasteiger partial charge in [0, 0.05) is 6.07 Å². The minimum Gasteiger partial charge on any atom is -0.481 e. The molecule has 1 atom stereocenters. The number of halogens is 4. The molecule has 0 saturated heterocycles. The Morgan fingerprint density at radius 1 is 1.07 bits per heavy atom. The second kappa shape index (κ2) is 8.04. The van der Waals surface area contributed by atoms with E-state index in [9.17, 15) is 17.6 Å². The van der Waals surface area contributed by atoms with Gasteiger partial charge in [-0.1, -0.05) is 19.1 Å². The van der Waals surface area contributed by atoms with Crippen LogP contribution in [0.15, 0.2) is 54.6 Å². The Balaban J connectivity index is 1.75. The molecule has 3 rings (SSSR count). The quantitative estimate of drug-likeness (QED) is 0.498. The summed E-state index contributed by atoms with van der Waals surface area (Å²) in [5.41, 5.74) is 1.43. The molecule has 0 unspecified atom stereocenters. The number of hydrogen-bond donors (Lipinski definition) is 0. The number of nitrogens with zero attached hydrogens (tertiary/aromatic N) is 2. The molecule has 0 saturated carbocycles. The van der Waals surface area contributed by atoms with Crippen molar-refractivity contribution in [1.82, 2.24) is 9.78 Å². The largest absolute Gasteiger partial charge is 0.481 e. The lowest BCUT2D eigenvalue weighted by Gasteiger charge is -2.11. The van der Waals surface area contributed by atoms with Gasteiger partial charge in [-0.25, -0.2) is 9.07 Å². The summed E-state index contributed by atoms with van der Waals surface area (Å²) >= 11 is 0. The first-order valence-electron chi connectivity index (χ1n) is 8.84. The molecule has 0 N–H and O–H groups in total. The predicted octanol–water partition coefficient (Wildman–Crippen LogP) is 5.78. The van der Waals surface area contributed by atoms with E-state index in [2.05, 4.69) is 5.10 Å². The molecule has 0 spiro atoms. The molecule has 0 radical (unpaired) electrons. The monoisotopic (exact) mass is 392 g/mol. The zero-order chi connectivity index (χ0) is 20.3. The highest BCUT2D eigenvalue weighted by Crippen LogP contribution is 2.30. The normalized spacial score (nSPS) is 12.8. The van der Waals surface area contributed by atoms with E-state index in [4.69, 9.17) is 4.74 Å². The molecule has 0 fully saturated rings. The summed E-state index contributed by atoms with van der Waals surface area (Å²) in [4.78, 5) is 0. The van der Waals surface area contributed by atoms with E-state index in [0.29, 0.717) is 18.0 Å². The van der Waals surface area contributed by atoms with Crippen LogP contribution in [0, 0.1) is 5.82 Å². The number of hydrogen-bond acceptors (Lipinski definition) is 2. The smallest absolute Gasteiger partial charge is 0.416 e. The highest BCUT2D eigenvalue weighted by atomic mass is 19.4. The third kappa shape index (κ3) is 4.52. The lowest BCUT2D eigenvalue weighted by Crippen LogP contribution is -2.06. The number of aryl methyl sites for hydroxylation is 1.